The Bertz CT molecular complexity index is 1310. The van der Waals surface area contributed by atoms with E-state index in [9.17, 15) is 18.1 Å². The first-order chi connectivity index (χ1) is 16.0. The molecule has 0 spiro atoms. The fourth-order valence-corrected chi connectivity index (χ4v) is 6.85. The van der Waals surface area contributed by atoms with Gasteiger partial charge < -0.3 is 14.4 Å². The van der Waals surface area contributed by atoms with E-state index in [0.29, 0.717) is 21.9 Å². The standard InChI is InChI=1S/C24H27ClNO6PS/c1-16-8-11-20(12-9-16)34(29,30)26-17(2)21-14-19(25)10-13-22(21)32-33(4,28)24-18(15-27)6-5-7-23(24)31-3/h5-14,17,26-27H,15H2,1-4H3/t17-,33+/m1/s1. The second-order valence-corrected chi connectivity index (χ2v) is 12.4. The summed E-state index contributed by atoms with van der Waals surface area (Å²) in [6, 6.07) is 15.4. The second kappa shape index (κ2) is 10.5. The van der Waals surface area contributed by atoms with Gasteiger partial charge in [-0.05, 0) is 55.8 Å². The Morgan fingerprint density at radius 2 is 1.76 bits per heavy atom. The minimum Gasteiger partial charge on any atom is -0.496 e. The number of benzene rings is 3. The molecular weight excluding hydrogens is 497 g/mol. The van der Waals surface area contributed by atoms with Crippen molar-refractivity contribution in [2.75, 3.05) is 13.8 Å². The summed E-state index contributed by atoms with van der Waals surface area (Å²) in [6.07, 6.45) is 0. The summed E-state index contributed by atoms with van der Waals surface area (Å²) >= 11 is 6.20. The van der Waals surface area contributed by atoms with E-state index in [2.05, 4.69) is 4.72 Å². The second-order valence-electron chi connectivity index (χ2n) is 7.90. The summed E-state index contributed by atoms with van der Waals surface area (Å²) in [6.45, 7) is 4.58. The van der Waals surface area contributed by atoms with E-state index >= 15 is 0 Å². The molecule has 34 heavy (non-hydrogen) atoms. The van der Waals surface area contributed by atoms with Crippen molar-refractivity contribution >= 4 is 34.3 Å². The van der Waals surface area contributed by atoms with E-state index in [4.69, 9.17) is 20.9 Å². The molecule has 2 atom stereocenters. The Morgan fingerprint density at radius 1 is 1.09 bits per heavy atom. The predicted octanol–water partition coefficient (Wildman–Crippen LogP) is 4.80. The number of aliphatic hydroxyl groups is 1. The van der Waals surface area contributed by atoms with Crippen molar-refractivity contribution < 1.29 is 27.3 Å². The van der Waals surface area contributed by atoms with E-state index in [1.54, 1.807) is 55.5 Å². The first-order valence-electron chi connectivity index (χ1n) is 10.4. The molecule has 0 saturated heterocycles. The molecule has 0 fully saturated rings. The van der Waals surface area contributed by atoms with Gasteiger partial charge in [0.05, 0.1) is 23.9 Å². The van der Waals surface area contributed by atoms with Gasteiger partial charge in [-0.25, -0.2) is 13.1 Å². The number of sulfonamides is 1. The number of aryl methyl sites for hydroxylation is 1. The van der Waals surface area contributed by atoms with E-state index in [0.717, 1.165) is 5.56 Å². The smallest absolute Gasteiger partial charge is 0.278 e. The summed E-state index contributed by atoms with van der Waals surface area (Å²) in [5.41, 5.74) is 1.76. The highest BCUT2D eigenvalue weighted by atomic mass is 35.5. The molecule has 2 N–H and O–H groups in total. The number of rotatable bonds is 9. The molecule has 0 aliphatic heterocycles. The molecule has 182 valence electrons. The van der Waals surface area contributed by atoms with Crippen molar-refractivity contribution in [1.29, 1.82) is 0 Å². The molecule has 0 amide bonds. The minimum absolute atomic E-state index is 0.122. The van der Waals surface area contributed by atoms with Gasteiger partial charge in [-0.1, -0.05) is 41.4 Å². The number of methoxy groups -OCH3 is 1. The van der Waals surface area contributed by atoms with Crippen molar-refractivity contribution in [2.45, 2.75) is 31.4 Å². The average Bonchev–Trinajstić information content (AvgIpc) is 2.79. The maximum atomic E-state index is 13.8. The van der Waals surface area contributed by atoms with Crippen molar-refractivity contribution in [3.8, 4) is 11.5 Å². The summed E-state index contributed by atoms with van der Waals surface area (Å²) in [5.74, 6) is 0.519. The lowest BCUT2D eigenvalue weighted by atomic mass is 10.1. The molecule has 0 heterocycles. The summed E-state index contributed by atoms with van der Waals surface area (Å²) < 4.78 is 53.6. The number of ether oxygens (including phenoxy) is 1. The van der Waals surface area contributed by atoms with Crippen LogP contribution in [0.25, 0.3) is 0 Å². The molecule has 3 aromatic carbocycles. The zero-order chi connectivity index (χ0) is 25.1. The number of hydrogen-bond acceptors (Lipinski definition) is 6. The Kier molecular flexibility index (Phi) is 8.11. The molecule has 0 aliphatic rings. The minimum atomic E-state index is -3.84. The zero-order valence-electron chi connectivity index (χ0n) is 19.3. The highest BCUT2D eigenvalue weighted by Crippen LogP contribution is 2.48. The van der Waals surface area contributed by atoms with Gasteiger partial charge >= 0.3 is 0 Å². The lowest BCUT2D eigenvalue weighted by Crippen LogP contribution is -2.27. The van der Waals surface area contributed by atoms with Gasteiger partial charge in [0.25, 0.3) is 7.37 Å². The first-order valence-corrected chi connectivity index (χ1v) is 14.3. The molecule has 0 bridgehead atoms. The third kappa shape index (κ3) is 5.82. The van der Waals surface area contributed by atoms with Gasteiger partial charge in [0.2, 0.25) is 10.0 Å². The van der Waals surface area contributed by atoms with Crippen LogP contribution in [0.1, 0.15) is 29.7 Å². The van der Waals surface area contributed by atoms with Crippen LogP contribution in [0.3, 0.4) is 0 Å². The van der Waals surface area contributed by atoms with Crippen LogP contribution in [0.2, 0.25) is 5.02 Å². The molecular formula is C24H27ClNO6PS. The van der Waals surface area contributed by atoms with Crippen molar-refractivity contribution in [1.82, 2.24) is 4.72 Å². The third-order valence-electron chi connectivity index (χ3n) is 5.25. The van der Waals surface area contributed by atoms with Gasteiger partial charge in [-0.3, -0.25) is 4.57 Å². The van der Waals surface area contributed by atoms with Gasteiger partial charge in [0, 0.05) is 23.3 Å². The molecule has 3 aromatic rings. The molecule has 0 saturated carbocycles. The van der Waals surface area contributed by atoms with Crippen LogP contribution in [0.5, 0.6) is 11.5 Å². The number of halogens is 1. The molecule has 0 aromatic heterocycles. The van der Waals surface area contributed by atoms with E-state index in [1.807, 2.05) is 6.92 Å². The van der Waals surface area contributed by atoms with E-state index < -0.39 is 23.4 Å². The Morgan fingerprint density at radius 3 is 2.38 bits per heavy atom. The van der Waals surface area contributed by atoms with Crippen molar-refractivity contribution in [2.24, 2.45) is 0 Å². The van der Waals surface area contributed by atoms with E-state index in [1.165, 1.54) is 25.9 Å². The van der Waals surface area contributed by atoms with Crippen LogP contribution in [0, 0.1) is 6.92 Å². The fourth-order valence-electron chi connectivity index (χ4n) is 3.58. The normalized spacial score (nSPS) is 14.3. The SMILES string of the molecule is COc1cccc(CO)c1[P@@](C)(=O)Oc1ccc(Cl)cc1[C@@H](C)NS(=O)(=O)c1ccc(C)cc1. The predicted molar refractivity (Wildman–Crippen MR) is 134 cm³/mol. The van der Waals surface area contributed by atoms with Crippen LogP contribution in [0.15, 0.2) is 65.6 Å². The highest BCUT2D eigenvalue weighted by molar-refractivity contribution is 7.89. The Labute approximate surface area is 205 Å². The van der Waals surface area contributed by atoms with Crippen LogP contribution >= 0.6 is 19.0 Å². The summed E-state index contributed by atoms with van der Waals surface area (Å²) in [5, 5.41) is 10.4. The van der Waals surface area contributed by atoms with Crippen molar-refractivity contribution in [3.63, 3.8) is 0 Å². The van der Waals surface area contributed by atoms with Crippen molar-refractivity contribution in [3.05, 3.63) is 82.4 Å². The van der Waals surface area contributed by atoms with Crippen LogP contribution < -0.4 is 19.3 Å². The zero-order valence-corrected chi connectivity index (χ0v) is 21.7. The molecule has 0 radical (unpaired) electrons. The molecule has 3 rings (SSSR count). The molecule has 10 heteroatoms. The fraction of sp³-hybridized carbons (Fsp3) is 0.250. The lowest BCUT2D eigenvalue weighted by Gasteiger charge is -2.24. The largest absolute Gasteiger partial charge is 0.496 e. The quantitative estimate of drug-likeness (QED) is 0.391. The summed E-state index contributed by atoms with van der Waals surface area (Å²) in [7, 11) is -5.98. The first kappa shape index (κ1) is 26.3. The number of aliphatic hydroxyl groups excluding tert-OH is 1. The van der Waals surface area contributed by atoms with Crippen LogP contribution in [0.4, 0.5) is 0 Å². The molecule has 7 nitrogen and oxygen atoms in total. The van der Waals surface area contributed by atoms with Gasteiger partial charge in [0.15, 0.2) is 0 Å². The average molecular weight is 524 g/mol. The number of nitrogens with one attached hydrogen (secondary N) is 1. The van der Waals surface area contributed by atoms with Crippen LogP contribution in [-0.2, 0) is 21.2 Å². The number of hydrogen-bond donors (Lipinski definition) is 2. The van der Waals surface area contributed by atoms with E-state index in [-0.39, 0.29) is 22.6 Å². The van der Waals surface area contributed by atoms with Crippen LogP contribution in [-0.4, -0.2) is 27.3 Å². The monoisotopic (exact) mass is 523 g/mol. The van der Waals surface area contributed by atoms with Gasteiger partial charge in [-0.15, -0.1) is 0 Å². The van der Waals surface area contributed by atoms with Gasteiger partial charge in [0.1, 0.15) is 11.5 Å². The molecule has 0 unspecified atom stereocenters. The summed E-state index contributed by atoms with van der Waals surface area (Å²) in [4.78, 5) is 0.122. The highest BCUT2D eigenvalue weighted by Gasteiger charge is 2.30. The maximum Gasteiger partial charge on any atom is 0.278 e. The third-order valence-corrected chi connectivity index (χ3v) is 8.91. The lowest BCUT2D eigenvalue weighted by molar-refractivity contribution is 0.282. The Balaban J connectivity index is 1.98. The maximum absolute atomic E-state index is 13.8. The Hall–Kier alpha value is -2.35. The van der Waals surface area contributed by atoms with Gasteiger partial charge in [-0.2, -0.15) is 0 Å². The topological polar surface area (TPSA) is 102 Å². The molecule has 0 aliphatic carbocycles.